The summed E-state index contributed by atoms with van der Waals surface area (Å²) < 4.78 is 5.10. The molecule has 1 saturated heterocycles. The number of barbiturate groups is 1. The Kier molecular flexibility index (Phi) is 5.66. The molecule has 1 aliphatic heterocycles. The molecule has 3 aromatic carbocycles. The zero-order valence-electron chi connectivity index (χ0n) is 16.9. The van der Waals surface area contributed by atoms with Crippen molar-refractivity contribution in [3.05, 3.63) is 89.0 Å². The number of hydrogen-bond acceptors (Lipinski definition) is 5. The van der Waals surface area contributed by atoms with Crippen molar-refractivity contribution >= 4 is 46.9 Å². The number of anilines is 2. The van der Waals surface area contributed by atoms with Gasteiger partial charge in [-0.3, -0.25) is 9.59 Å². The van der Waals surface area contributed by atoms with Crippen molar-refractivity contribution in [2.24, 2.45) is 0 Å². The van der Waals surface area contributed by atoms with Crippen molar-refractivity contribution in [3.63, 3.8) is 0 Å². The molecule has 8 heteroatoms. The third-order valence-electron chi connectivity index (χ3n) is 4.86. The molecule has 3 aromatic rings. The first kappa shape index (κ1) is 21.1. The average Bonchev–Trinajstić information content (AvgIpc) is 2.80. The summed E-state index contributed by atoms with van der Waals surface area (Å²) in [6.45, 7) is 0. The van der Waals surface area contributed by atoms with E-state index in [0.717, 1.165) is 9.80 Å². The number of imide groups is 2. The first-order valence-corrected chi connectivity index (χ1v) is 9.91. The lowest BCUT2D eigenvalue weighted by Crippen LogP contribution is -2.57. The van der Waals surface area contributed by atoms with E-state index in [-0.39, 0.29) is 22.1 Å². The fraction of sp³-hybridized carbons (Fsp3) is 0.0417. The Balaban J connectivity index is 1.88. The second-order valence-electron chi connectivity index (χ2n) is 6.85. The van der Waals surface area contributed by atoms with Gasteiger partial charge in [-0.25, -0.2) is 14.6 Å². The summed E-state index contributed by atoms with van der Waals surface area (Å²) in [5.41, 5.74) is 0.740. The third-order valence-corrected chi connectivity index (χ3v) is 5.15. The SMILES string of the molecule is COc1cc(C=C2C(=O)N(c3ccccc3)C(=O)N(c3ccccc3)C2=O)cc(Cl)c1O. The van der Waals surface area contributed by atoms with E-state index in [0.29, 0.717) is 16.9 Å². The zero-order chi connectivity index (χ0) is 22.8. The van der Waals surface area contributed by atoms with Gasteiger partial charge in [-0.15, -0.1) is 0 Å². The van der Waals surface area contributed by atoms with Crippen LogP contribution in [0, 0.1) is 0 Å². The highest BCUT2D eigenvalue weighted by Gasteiger charge is 2.43. The molecule has 1 aliphatic rings. The average molecular weight is 449 g/mol. The number of benzene rings is 3. The van der Waals surface area contributed by atoms with E-state index in [9.17, 15) is 19.5 Å². The maximum absolute atomic E-state index is 13.3. The fourth-order valence-electron chi connectivity index (χ4n) is 3.34. The monoisotopic (exact) mass is 448 g/mol. The van der Waals surface area contributed by atoms with Gasteiger partial charge >= 0.3 is 6.03 Å². The molecule has 32 heavy (non-hydrogen) atoms. The van der Waals surface area contributed by atoms with Crippen molar-refractivity contribution in [2.45, 2.75) is 0 Å². The van der Waals surface area contributed by atoms with Crippen molar-refractivity contribution in [1.82, 2.24) is 0 Å². The summed E-state index contributed by atoms with van der Waals surface area (Å²) in [6, 6.07) is 18.7. The zero-order valence-corrected chi connectivity index (χ0v) is 17.6. The molecule has 1 heterocycles. The number of nitrogens with zero attached hydrogens (tertiary/aromatic N) is 2. The van der Waals surface area contributed by atoms with E-state index in [2.05, 4.69) is 0 Å². The lowest BCUT2D eigenvalue weighted by atomic mass is 10.0. The number of aromatic hydroxyl groups is 1. The molecule has 0 aromatic heterocycles. The van der Waals surface area contributed by atoms with Gasteiger partial charge in [-0.2, -0.15) is 0 Å². The van der Waals surface area contributed by atoms with Crippen LogP contribution in [-0.4, -0.2) is 30.1 Å². The predicted molar refractivity (Wildman–Crippen MR) is 121 cm³/mol. The maximum atomic E-state index is 13.3. The maximum Gasteiger partial charge on any atom is 0.343 e. The minimum absolute atomic E-state index is 0.0113. The second kappa shape index (κ2) is 8.56. The number of phenols is 1. The topological polar surface area (TPSA) is 87.2 Å². The molecule has 7 nitrogen and oxygen atoms in total. The molecule has 1 fully saturated rings. The first-order valence-electron chi connectivity index (χ1n) is 9.53. The predicted octanol–water partition coefficient (Wildman–Crippen LogP) is 4.64. The standard InChI is InChI=1S/C24H17ClN2O5/c1-32-20-14-15(13-19(25)21(20)28)12-18-22(29)26(16-8-4-2-5-9-16)24(31)27(23(18)30)17-10-6-3-7-11-17/h2-14,28H,1H3. The third kappa shape index (κ3) is 3.70. The highest BCUT2D eigenvalue weighted by Crippen LogP contribution is 2.36. The Hall–Kier alpha value is -4.10. The minimum atomic E-state index is -0.782. The molecule has 0 radical (unpaired) electrons. The van der Waals surface area contributed by atoms with Crippen LogP contribution in [0.2, 0.25) is 5.02 Å². The van der Waals surface area contributed by atoms with Crippen LogP contribution in [0.15, 0.2) is 78.4 Å². The van der Waals surface area contributed by atoms with E-state index in [1.165, 1.54) is 25.3 Å². The molecule has 0 aliphatic carbocycles. The van der Waals surface area contributed by atoms with Crippen LogP contribution in [0.4, 0.5) is 16.2 Å². The number of carbonyl (C=O) groups is 3. The van der Waals surface area contributed by atoms with Crippen LogP contribution in [-0.2, 0) is 9.59 Å². The summed E-state index contributed by atoms with van der Waals surface area (Å²) in [7, 11) is 1.35. The van der Waals surface area contributed by atoms with Crippen LogP contribution >= 0.6 is 11.6 Å². The highest BCUT2D eigenvalue weighted by molar-refractivity contribution is 6.46. The van der Waals surface area contributed by atoms with Gasteiger partial charge in [0.15, 0.2) is 11.5 Å². The summed E-state index contributed by atoms with van der Waals surface area (Å²) in [4.78, 5) is 41.8. The van der Waals surface area contributed by atoms with E-state index in [1.54, 1.807) is 60.7 Å². The Morgan fingerprint density at radius 1 is 0.844 bits per heavy atom. The normalized spacial score (nSPS) is 14.1. The summed E-state index contributed by atoms with van der Waals surface area (Å²) in [5, 5.41) is 9.96. The lowest BCUT2D eigenvalue weighted by Gasteiger charge is -2.33. The fourth-order valence-corrected chi connectivity index (χ4v) is 3.56. The summed E-state index contributed by atoms with van der Waals surface area (Å²) in [6.07, 6.45) is 1.32. The highest BCUT2D eigenvalue weighted by atomic mass is 35.5. The van der Waals surface area contributed by atoms with Crippen molar-refractivity contribution in [3.8, 4) is 11.5 Å². The summed E-state index contributed by atoms with van der Waals surface area (Å²) >= 11 is 6.06. The largest absolute Gasteiger partial charge is 0.503 e. The lowest BCUT2D eigenvalue weighted by molar-refractivity contribution is -0.121. The van der Waals surface area contributed by atoms with Gasteiger partial charge in [0.25, 0.3) is 11.8 Å². The van der Waals surface area contributed by atoms with Gasteiger partial charge in [0.05, 0.1) is 23.5 Å². The Morgan fingerprint density at radius 2 is 1.34 bits per heavy atom. The molecule has 1 N–H and O–H groups in total. The number of carbonyl (C=O) groups excluding carboxylic acids is 3. The number of rotatable bonds is 4. The van der Waals surface area contributed by atoms with Gasteiger partial charge in [0.2, 0.25) is 0 Å². The van der Waals surface area contributed by atoms with Crippen LogP contribution in [0.25, 0.3) is 6.08 Å². The van der Waals surface area contributed by atoms with Gasteiger partial charge in [-0.05, 0) is 48.0 Å². The molecule has 4 amide bonds. The number of para-hydroxylation sites is 2. The van der Waals surface area contributed by atoms with Crippen molar-refractivity contribution in [1.29, 1.82) is 0 Å². The smallest absolute Gasteiger partial charge is 0.343 e. The van der Waals surface area contributed by atoms with Crippen molar-refractivity contribution in [2.75, 3.05) is 16.9 Å². The van der Waals surface area contributed by atoms with Crippen LogP contribution in [0.1, 0.15) is 5.56 Å². The Morgan fingerprint density at radius 3 is 1.81 bits per heavy atom. The molecule has 4 rings (SSSR count). The number of phenolic OH excluding ortho intramolecular Hbond substituents is 1. The van der Waals surface area contributed by atoms with E-state index in [1.807, 2.05) is 0 Å². The van der Waals surface area contributed by atoms with Crippen molar-refractivity contribution < 1.29 is 24.2 Å². The number of hydrogen-bond donors (Lipinski definition) is 1. The molecule has 0 saturated carbocycles. The number of amides is 4. The second-order valence-corrected chi connectivity index (χ2v) is 7.25. The molecule has 0 unspecified atom stereocenters. The van der Waals surface area contributed by atoms with Gasteiger partial charge in [0, 0.05) is 0 Å². The molecular weight excluding hydrogens is 432 g/mol. The summed E-state index contributed by atoms with van der Waals surface area (Å²) in [5.74, 6) is -1.73. The molecule has 0 bridgehead atoms. The van der Waals surface area contributed by atoms with Crippen LogP contribution in [0.3, 0.4) is 0 Å². The number of halogens is 1. The first-order chi connectivity index (χ1) is 15.4. The molecule has 0 spiro atoms. The van der Waals surface area contributed by atoms with Gasteiger partial charge < -0.3 is 9.84 Å². The molecule has 160 valence electrons. The van der Waals surface area contributed by atoms with Crippen LogP contribution in [0.5, 0.6) is 11.5 Å². The number of methoxy groups -OCH3 is 1. The van der Waals surface area contributed by atoms with Crippen LogP contribution < -0.4 is 14.5 Å². The minimum Gasteiger partial charge on any atom is -0.503 e. The Labute approximate surface area is 188 Å². The number of ether oxygens (including phenoxy) is 1. The molecule has 0 atom stereocenters. The Bertz CT molecular complexity index is 1180. The van der Waals surface area contributed by atoms with Gasteiger partial charge in [-0.1, -0.05) is 48.0 Å². The van der Waals surface area contributed by atoms with E-state index >= 15 is 0 Å². The van der Waals surface area contributed by atoms with E-state index < -0.39 is 17.8 Å². The van der Waals surface area contributed by atoms with Gasteiger partial charge in [0.1, 0.15) is 5.57 Å². The molecular formula is C24H17ClN2O5. The quantitative estimate of drug-likeness (QED) is 0.464. The van der Waals surface area contributed by atoms with E-state index in [4.69, 9.17) is 16.3 Å². The number of urea groups is 1.